The largest absolute Gasteiger partial charge is 0.392 e. The first-order chi connectivity index (χ1) is 12.6. The summed E-state index contributed by atoms with van der Waals surface area (Å²) >= 11 is 0. The van der Waals surface area contributed by atoms with Gasteiger partial charge in [0.05, 0.1) is 23.7 Å². The van der Waals surface area contributed by atoms with Gasteiger partial charge in [-0.3, -0.25) is 9.69 Å². The molecule has 0 spiro atoms. The molecule has 6 nitrogen and oxygen atoms in total. The van der Waals surface area contributed by atoms with Gasteiger partial charge in [0.1, 0.15) is 5.82 Å². The van der Waals surface area contributed by atoms with Crippen LogP contribution in [0.1, 0.15) is 43.0 Å². The quantitative estimate of drug-likeness (QED) is 0.883. The first-order valence-corrected chi connectivity index (χ1v) is 9.73. The summed E-state index contributed by atoms with van der Waals surface area (Å²) in [7, 11) is 0. The van der Waals surface area contributed by atoms with Crippen LogP contribution in [0.5, 0.6) is 0 Å². The zero-order chi connectivity index (χ0) is 18.1. The van der Waals surface area contributed by atoms with Crippen LogP contribution in [0.15, 0.2) is 18.2 Å². The van der Waals surface area contributed by atoms with Gasteiger partial charge in [-0.15, -0.1) is 0 Å². The van der Waals surface area contributed by atoms with Crippen molar-refractivity contribution >= 4 is 16.9 Å². The Bertz CT molecular complexity index is 779. The molecule has 26 heavy (non-hydrogen) atoms. The summed E-state index contributed by atoms with van der Waals surface area (Å²) in [5.41, 5.74) is 3.35. The predicted octanol–water partition coefficient (Wildman–Crippen LogP) is 2.03. The van der Waals surface area contributed by atoms with Gasteiger partial charge >= 0.3 is 0 Å². The van der Waals surface area contributed by atoms with E-state index in [0.29, 0.717) is 19.0 Å². The van der Waals surface area contributed by atoms with Crippen molar-refractivity contribution < 1.29 is 9.90 Å². The molecule has 2 fully saturated rings. The second-order valence-corrected chi connectivity index (χ2v) is 7.78. The molecule has 3 heterocycles. The highest BCUT2D eigenvalue weighted by atomic mass is 16.3. The minimum Gasteiger partial charge on any atom is -0.392 e. The lowest BCUT2D eigenvalue weighted by Crippen LogP contribution is -2.47. The summed E-state index contributed by atoms with van der Waals surface area (Å²) < 4.78 is 0. The van der Waals surface area contributed by atoms with Crippen LogP contribution in [0.3, 0.4) is 0 Å². The molecular formula is C20H28N4O2. The molecule has 2 aliphatic rings. The van der Waals surface area contributed by atoms with Gasteiger partial charge in [0.25, 0.3) is 0 Å². The highest BCUT2D eigenvalue weighted by Gasteiger charge is 2.28. The number of imidazole rings is 1. The fraction of sp³-hybridized carbons (Fsp3) is 0.600. The summed E-state index contributed by atoms with van der Waals surface area (Å²) in [6, 6.07) is 6.22. The monoisotopic (exact) mass is 356 g/mol. The Kier molecular flexibility index (Phi) is 4.96. The van der Waals surface area contributed by atoms with Crippen LogP contribution < -0.4 is 0 Å². The number of likely N-dealkylation sites (tertiary alicyclic amines) is 2. The fourth-order valence-electron chi connectivity index (χ4n) is 4.26. The smallest absolute Gasteiger partial charge is 0.236 e. The van der Waals surface area contributed by atoms with E-state index in [1.54, 1.807) is 0 Å². The molecule has 2 N–H and O–H groups in total. The topological polar surface area (TPSA) is 72.5 Å². The molecule has 6 heteroatoms. The molecule has 4 rings (SSSR count). The molecule has 1 atom stereocenters. The average Bonchev–Trinajstić information content (AvgIpc) is 3.08. The van der Waals surface area contributed by atoms with Crippen LogP contribution in [0.2, 0.25) is 0 Å². The van der Waals surface area contributed by atoms with Crippen LogP contribution in [0.25, 0.3) is 11.0 Å². The summed E-state index contributed by atoms with van der Waals surface area (Å²) in [5, 5.41) is 9.77. The second kappa shape index (κ2) is 7.37. The number of fused-ring (bicyclic) bond motifs is 1. The van der Waals surface area contributed by atoms with Gasteiger partial charge in [0.15, 0.2) is 0 Å². The van der Waals surface area contributed by atoms with Crippen molar-refractivity contribution in [1.29, 1.82) is 0 Å². The maximum absolute atomic E-state index is 12.6. The molecule has 0 bridgehead atoms. The molecule has 0 unspecified atom stereocenters. The minimum atomic E-state index is -0.279. The number of hydrogen-bond acceptors (Lipinski definition) is 4. The van der Waals surface area contributed by atoms with Gasteiger partial charge < -0.3 is 15.0 Å². The number of β-amino-alcohol motifs (C(OH)–C–C–N with tert-alkyl or cyclic N) is 1. The Morgan fingerprint density at radius 3 is 2.81 bits per heavy atom. The van der Waals surface area contributed by atoms with Crippen LogP contribution >= 0.6 is 0 Å². The summed E-state index contributed by atoms with van der Waals surface area (Å²) in [4.78, 5) is 24.9. The molecular weight excluding hydrogens is 328 g/mol. The van der Waals surface area contributed by atoms with E-state index in [1.165, 1.54) is 5.56 Å². The SMILES string of the molecule is Cc1cccc2[nH]c(C3CCN(C(=O)CN4CCC[C@H](O)C4)CC3)nc12. The highest BCUT2D eigenvalue weighted by Crippen LogP contribution is 2.28. The van der Waals surface area contributed by atoms with Gasteiger partial charge in [-0.1, -0.05) is 12.1 Å². The zero-order valence-electron chi connectivity index (χ0n) is 15.4. The Morgan fingerprint density at radius 1 is 1.27 bits per heavy atom. The highest BCUT2D eigenvalue weighted by molar-refractivity contribution is 5.79. The number of rotatable bonds is 3. The van der Waals surface area contributed by atoms with E-state index in [1.807, 2.05) is 4.90 Å². The predicted molar refractivity (Wildman–Crippen MR) is 101 cm³/mol. The molecule has 140 valence electrons. The molecule has 2 aliphatic heterocycles. The van der Waals surface area contributed by atoms with Crippen molar-refractivity contribution in [2.24, 2.45) is 0 Å². The van der Waals surface area contributed by atoms with E-state index < -0.39 is 0 Å². The van der Waals surface area contributed by atoms with E-state index >= 15 is 0 Å². The zero-order valence-corrected chi connectivity index (χ0v) is 15.4. The first kappa shape index (κ1) is 17.5. The van der Waals surface area contributed by atoms with E-state index in [4.69, 9.17) is 4.98 Å². The lowest BCUT2D eigenvalue weighted by molar-refractivity contribution is -0.134. The van der Waals surface area contributed by atoms with Crippen molar-refractivity contribution in [2.45, 2.75) is 44.6 Å². The molecule has 0 radical (unpaired) electrons. The number of nitrogens with one attached hydrogen (secondary N) is 1. The lowest BCUT2D eigenvalue weighted by atomic mass is 9.96. The van der Waals surface area contributed by atoms with Crippen molar-refractivity contribution in [3.63, 3.8) is 0 Å². The third-order valence-electron chi connectivity index (χ3n) is 5.81. The fourth-order valence-corrected chi connectivity index (χ4v) is 4.26. The summed E-state index contributed by atoms with van der Waals surface area (Å²) in [5.74, 6) is 1.64. The van der Waals surface area contributed by atoms with Crippen LogP contribution in [-0.4, -0.2) is 69.6 Å². The van der Waals surface area contributed by atoms with Crippen molar-refractivity contribution in [2.75, 3.05) is 32.7 Å². The number of benzene rings is 1. The van der Waals surface area contributed by atoms with Gasteiger partial charge in [-0.05, 0) is 50.8 Å². The van der Waals surface area contributed by atoms with Gasteiger partial charge in [0.2, 0.25) is 5.91 Å². The Balaban J connectivity index is 1.34. The molecule has 2 aromatic rings. The molecule has 1 aromatic carbocycles. The Hall–Kier alpha value is -1.92. The number of carbonyl (C=O) groups excluding carboxylic acids is 1. The van der Waals surface area contributed by atoms with Gasteiger partial charge in [0, 0.05) is 25.6 Å². The molecule has 0 saturated carbocycles. The van der Waals surface area contributed by atoms with E-state index in [-0.39, 0.29) is 12.0 Å². The van der Waals surface area contributed by atoms with E-state index in [9.17, 15) is 9.90 Å². The van der Waals surface area contributed by atoms with Crippen LogP contribution in [0.4, 0.5) is 0 Å². The number of carbonyl (C=O) groups is 1. The van der Waals surface area contributed by atoms with Crippen molar-refractivity contribution in [1.82, 2.24) is 19.8 Å². The van der Waals surface area contributed by atoms with Crippen molar-refractivity contribution in [3.05, 3.63) is 29.6 Å². The lowest BCUT2D eigenvalue weighted by Gasteiger charge is -2.34. The number of aliphatic hydroxyl groups is 1. The number of aromatic nitrogens is 2. The van der Waals surface area contributed by atoms with Crippen molar-refractivity contribution in [3.8, 4) is 0 Å². The third-order valence-corrected chi connectivity index (χ3v) is 5.81. The second-order valence-electron chi connectivity index (χ2n) is 7.78. The van der Waals surface area contributed by atoms with E-state index in [0.717, 1.165) is 62.2 Å². The number of nitrogens with zero attached hydrogens (tertiary/aromatic N) is 3. The standard InChI is InChI=1S/C20H28N4O2/c1-14-4-2-6-17-19(14)22-20(21-17)15-7-10-24(11-8-15)18(26)13-23-9-3-5-16(25)12-23/h2,4,6,15-16,25H,3,5,7-13H2,1H3,(H,21,22)/t16-/m0/s1. The number of aryl methyl sites for hydroxylation is 1. The maximum Gasteiger partial charge on any atom is 0.236 e. The van der Waals surface area contributed by atoms with E-state index in [2.05, 4.69) is 35.0 Å². The third kappa shape index (κ3) is 3.62. The Morgan fingerprint density at radius 2 is 2.08 bits per heavy atom. The number of aliphatic hydroxyl groups excluding tert-OH is 1. The number of amides is 1. The Labute approximate surface area is 154 Å². The number of H-pyrrole nitrogens is 1. The van der Waals surface area contributed by atoms with Crippen LogP contribution in [0, 0.1) is 6.92 Å². The van der Waals surface area contributed by atoms with Crippen LogP contribution in [-0.2, 0) is 4.79 Å². The number of piperidine rings is 2. The maximum atomic E-state index is 12.6. The average molecular weight is 356 g/mol. The number of para-hydroxylation sites is 1. The normalized spacial score (nSPS) is 22.8. The molecule has 1 aromatic heterocycles. The number of aromatic amines is 1. The number of hydrogen-bond donors (Lipinski definition) is 2. The molecule has 1 amide bonds. The summed E-state index contributed by atoms with van der Waals surface area (Å²) in [6.07, 6.45) is 3.45. The molecule has 0 aliphatic carbocycles. The minimum absolute atomic E-state index is 0.193. The first-order valence-electron chi connectivity index (χ1n) is 9.73. The van der Waals surface area contributed by atoms with Gasteiger partial charge in [-0.2, -0.15) is 0 Å². The molecule has 2 saturated heterocycles. The summed E-state index contributed by atoms with van der Waals surface area (Å²) in [6.45, 7) is 5.64. The van der Waals surface area contributed by atoms with Gasteiger partial charge in [-0.25, -0.2) is 4.98 Å².